The van der Waals surface area contributed by atoms with Crippen molar-refractivity contribution in [3.63, 3.8) is 0 Å². The Morgan fingerprint density at radius 3 is 0.618 bits per heavy atom. The smallest absolute Gasteiger partial charge is 0.229 e. The zero-order chi connectivity index (χ0) is 42.3. The molecule has 2 fully saturated rings. The van der Waals surface area contributed by atoms with Gasteiger partial charge >= 0.3 is 0 Å². The third-order valence-electron chi connectivity index (χ3n) is 5.35. The summed E-state index contributed by atoms with van der Waals surface area (Å²) in [7, 11) is -51.5. The molecule has 48 radical (unpaired) electrons. The molecule has 2 rings (SSSR count). The molecule has 0 amide bonds. The van der Waals surface area contributed by atoms with Crippen LogP contribution in [0, 0.1) is 0 Å². The van der Waals surface area contributed by atoms with Gasteiger partial charge in [-0.1, -0.05) is 0 Å². The van der Waals surface area contributed by atoms with Crippen molar-refractivity contribution in [1.82, 2.24) is 0 Å². The number of ether oxygens (including phenoxy) is 3. The monoisotopic (exact) mass is 2110 g/mol. The number of hydrogen-bond acceptors (Lipinski definition) is 35. The summed E-state index contributed by atoms with van der Waals surface area (Å²) in [6, 6.07) is 0. The average molecular weight is 2110 g/mol. The SMILES string of the molecule is O.O.O.O.O.O.O.O.O.O.O.O.O.O.O.O.O.O.O.O.O.O.O.O.O.O.O.O.O.O.O.O.O.O.O.O.O.O.O.O.O=S(=O)([O-])OCC1OC(OC2(COS(=O)(=O)[O-])OC(OS(=O)(=O)[O-])C(OS(=O)(=O)[O-])C2OS(=O)(=O)[O-])C(OS(=O)(=O)[O-])C(OS(=O)(=O)[O-])C1OS(=O)(=O)[O-].[Al].[Al].[Al].[Al].[Al].[Al].[Al].[Al].[Al].[Al].[Al].[Al].[Al].[Al].[Al].[Al]. The fraction of sp³-hybridized carbons (Fsp3) is 1.00. The molecule has 0 aromatic rings. The van der Waals surface area contributed by atoms with Gasteiger partial charge in [0.05, 0.1) is 6.61 Å². The predicted molar refractivity (Wildman–Crippen MR) is 369 cm³/mol. The Kier molecular flexibility index (Phi) is 596. The second kappa shape index (κ2) is 159. The molecule has 0 aromatic carbocycles. The highest BCUT2D eigenvalue weighted by Gasteiger charge is 2.65. The van der Waals surface area contributed by atoms with Gasteiger partial charge in [-0.25, -0.2) is 71.5 Å². The zero-order valence-corrected chi connectivity index (χ0v) is 78.3. The minimum atomic E-state index is -6.63. The van der Waals surface area contributed by atoms with Crippen molar-refractivity contribution in [2.75, 3.05) is 13.2 Å². The summed E-state index contributed by atoms with van der Waals surface area (Å²) in [5, 5.41) is 0. The first-order valence-corrected chi connectivity index (χ1v) is 22.4. The maximum atomic E-state index is 11.6. The summed E-state index contributed by atoms with van der Waals surface area (Å²) in [4.78, 5) is 0. The molecule has 690 valence electrons. The van der Waals surface area contributed by atoms with E-state index >= 15 is 0 Å². The van der Waals surface area contributed by atoms with Crippen molar-refractivity contribution >= 4 is 361 Å². The summed E-state index contributed by atoms with van der Waals surface area (Å²) in [5.74, 6) is -4.46. The molecule has 2 heterocycles. The summed E-state index contributed by atoms with van der Waals surface area (Å²) in [5.41, 5.74) is 0. The van der Waals surface area contributed by atoms with Crippen LogP contribution < -0.4 is 0 Å². The van der Waals surface area contributed by atoms with Crippen LogP contribution in [0.15, 0.2) is 0 Å². The highest BCUT2D eigenvalue weighted by Crippen LogP contribution is 2.43. The molecule has 0 bridgehead atoms. The first kappa shape index (κ1) is 413. The molecule has 80 N–H and O–H groups in total. The molecule has 99 heteroatoms. The van der Waals surface area contributed by atoms with Crippen molar-refractivity contribution in [2.45, 2.75) is 55.0 Å². The predicted octanol–water partition coefficient (Wildman–Crippen LogP) is -48.6. The Balaban J connectivity index is -0.0000000102. The van der Waals surface area contributed by atoms with Gasteiger partial charge in [-0.2, -0.15) is 0 Å². The third-order valence-corrected chi connectivity index (χ3v) is 8.89. The van der Waals surface area contributed by atoms with Gasteiger partial charge in [0.15, 0.2) is 24.6 Å². The van der Waals surface area contributed by atoms with Crippen LogP contribution in [0.2, 0.25) is 0 Å². The van der Waals surface area contributed by atoms with Crippen molar-refractivity contribution < 1.29 is 370 Å². The lowest BCUT2D eigenvalue weighted by atomic mass is 9.99. The molecule has 0 aliphatic carbocycles. The van der Waals surface area contributed by atoms with E-state index in [2.05, 4.69) is 38.2 Å². The maximum absolute atomic E-state index is 11.6. The van der Waals surface area contributed by atoms with Crippen LogP contribution in [0.3, 0.4) is 0 Å². The summed E-state index contributed by atoms with van der Waals surface area (Å²) in [6.07, 6.45) is -28.8. The van der Waals surface area contributed by atoms with Gasteiger partial charge in [-0.15, -0.1) is 0 Å². The molecule has 9 unspecified atom stereocenters. The van der Waals surface area contributed by atoms with Gasteiger partial charge in [0.25, 0.3) is 0 Å². The average Bonchev–Trinajstić information content (AvgIpc) is 3.10. The second-order valence-electron chi connectivity index (χ2n) is 9.13. The molecule has 0 aromatic heterocycles. The molecule has 2 saturated heterocycles. The van der Waals surface area contributed by atoms with Crippen molar-refractivity contribution in [3.8, 4) is 0 Å². The van der Waals surface area contributed by atoms with Crippen molar-refractivity contribution in [1.29, 1.82) is 0 Å². The highest BCUT2D eigenvalue weighted by molar-refractivity contribution is 7.82. The largest absolute Gasteiger partial charge is 0.726 e. The van der Waals surface area contributed by atoms with Crippen LogP contribution in [0.4, 0.5) is 0 Å². The first-order valence-electron chi connectivity index (χ1n) is 11.7. The molecule has 0 saturated carbocycles. The Bertz CT molecular complexity index is 2340. The van der Waals surface area contributed by atoms with Crippen LogP contribution >= 0.6 is 0 Å². The first-order chi connectivity index (χ1) is 23.7. The van der Waals surface area contributed by atoms with E-state index in [9.17, 15) is 104 Å². The Hall–Kier alpha value is 5.76. The normalized spacial score (nSPS) is 15.2. The van der Waals surface area contributed by atoms with Gasteiger partial charge in [-0.3, -0.25) is 29.3 Å². The fourth-order valence-corrected chi connectivity index (χ4v) is 7.43. The lowest BCUT2D eigenvalue weighted by Gasteiger charge is -2.47. The number of hydrogen-bond donors (Lipinski definition) is 0. The highest BCUT2D eigenvalue weighted by atomic mass is 32.3. The quantitative estimate of drug-likeness (QED) is 0.0620. The summed E-state index contributed by atoms with van der Waals surface area (Å²) in [6.45, 7) is -4.79. The van der Waals surface area contributed by atoms with Crippen LogP contribution in [0.1, 0.15) is 0 Å². The van der Waals surface area contributed by atoms with Crippen LogP contribution in [-0.4, -0.2) is 669 Å². The van der Waals surface area contributed by atoms with Gasteiger partial charge in [0, 0.05) is 278 Å². The van der Waals surface area contributed by atoms with E-state index in [-0.39, 0.29) is 497 Å². The Labute approximate surface area is 791 Å². The topological polar surface area (TPSA) is 1820 Å². The molecule has 0 spiro atoms. The van der Waals surface area contributed by atoms with E-state index < -0.39 is 151 Å². The molecular formula is C11H92Al16O75S8-8. The van der Waals surface area contributed by atoms with Crippen LogP contribution in [0.25, 0.3) is 0 Å². The van der Waals surface area contributed by atoms with Crippen molar-refractivity contribution in [3.05, 3.63) is 0 Å². The number of rotatable bonds is 20. The molecule has 75 nitrogen and oxygen atoms in total. The fourth-order valence-electron chi connectivity index (χ4n) is 3.99. The van der Waals surface area contributed by atoms with Gasteiger partial charge < -0.3 is 270 Å². The lowest BCUT2D eigenvalue weighted by Crippen LogP contribution is -2.65. The van der Waals surface area contributed by atoms with E-state index in [1.165, 1.54) is 0 Å². The molecule has 2 aliphatic rings. The third kappa shape index (κ3) is 168. The maximum Gasteiger partial charge on any atom is 0.229 e. The van der Waals surface area contributed by atoms with Gasteiger partial charge in [-0.05, 0) is 0 Å². The van der Waals surface area contributed by atoms with E-state index in [4.69, 9.17) is 9.47 Å². The van der Waals surface area contributed by atoms with Gasteiger partial charge in [0.2, 0.25) is 95.3 Å². The summed E-state index contributed by atoms with van der Waals surface area (Å²) < 4.78 is 318. The Morgan fingerprint density at radius 2 is 0.418 bits per heavy atom. The van der Waals surface area contributed by atoms with Gasteiger partial charge in [0.1, 0.15) is 24.9 Å². The van der Waals surface area contributed by atoms with Crippen LogP contribution in [-0.2, 0) is 131 Å². The molecule has 9 atom stereocenters. The van der Waals surface area contributed by atoms with E-state index in [0.717, 1.165) is 0 Å². The second-order valence-corrected chi connectivity index (χ2v) is 17.3. The van der Waals surface area contributed by atoms with E-state index in [1.807, 2.05) is 0 Å². The van der Waals surface area contributed by atoms with Crippen LogP contribution in [0.5, 0.6) is 0 Å². The minimum absolute atomic E-state index is 0. The summed E-state index contributed by atoms with van der Waals surface area (Å²) >= 11 is 0. The standard InChI is InChI=1S/C11H20O35S8.16Al.40H2O/c12-47(13,14)36-1-3-4(41-49(18,19)20)5(42-50(21,22)23)6(43-51(24,25)26)9(38-3)39-11(2-37-48(15,16)17)8(45-53(30,31)32)7(44-52(27,28)29)10(40-11)46-54(33,34)35;;;;;;;;;;;;;;;;;;;;;;;;;;;;;;;;;;;;;;;;;;;;;;;;;;;;;;;;/h3-10H,1-2H2,(H,12,13,14)(H,15,16,17)(H,18,19,20)(H,21,22,23)(H,24,25,26)(H,27,28,29)(H,30,31,32)(H,33,34,35);;;;;;;;;;;;;;;;;40*1H2/p-8. The zero-order valence-electron chi connectivity index (χ0n) is 53.3. The molecule has 110 heavy (non-hydrogen) atoms. The van der Waals surface area contributed by atoms with E-state index in [1.54, 1.807) is 0 Å². The molecule has 2 aliphatic heterocycles. The Morgan fingerprint density at radius 1 is 0.227 bits per heavy atom. The lowest BCUT2D eigenvalue weighted by molar-refractivity contribution is -0.380. The van der Waals surface area contributed by atoms with Crippen molar-refractivity contribution in [2.24, 2.45) is 0 Å². The molecular weight excluding hydrogens is 2020 g/mol. The minimum Gasteiger partial charge on any atom is -0.726 e. The van der Waals surface area contributed by atoms with E-state index in [0.29, 0.717) is 0 Å².